The van der Waals surface area contributed by atoms with Crippen LogP contribution in [0, 0.1) is 0 Å². The molecule has 1 aromatic carbocycles. The number of oxazole rings is 1. The molecular weight excluding hydrogens is 342 g/mol. The van der Waals surface area contributed by atoms with Gasteiger partial charge in [0.25, 0.3) is 0 Å². The van der Waals surface area contributed by atoms with Crippen molar-refractivity contribution < 1.29 is 12.8 Å². The number of unbranched alkanes of at least 4 members (excludes halogenated alkanes) is 1. The van der Waals surface area contributed by atoms with Crippen molar-refractivity contribution in [2.24, 2.45) is 12.8 Å². The second kappa shape index (κ2) is 7.96. The van der Waals surface area contributed by atoms with Crippen molar-refractivity contribution >= 4 is 33.5 Å². The molecule has 0 fully saturated rings. The van der Waals surface area contributed by atoms with Gasteiger partial charge in [-0.25, -0.2) is 17.9 Å². The number of nitrogens with two attached hydrogens (primary N) is 1. The summed E-state index contributed by atoms with van der Waals surface area (Å²) in [6.07, 6.45) is 2.56. The Morgan fingerprint density at radius 1 is 1.39 bits per heavy atom. The zero-order valence-corrected chi connectivity index (χ0v) is 14.7. The Kier molecular flexibility index (Phi) is 6.82. The number of sulfonamides is 1. The van der Waals surface area contributed by atoms with Crippen LogP contribution in [0.1, 0.15) is 26.2 Å². The van der Waals surface area contributed by atoms with Crippen LogP contribution < -0.4 is 16.2 Å². The van der Waals surface area contributed by atoms with Gasteiger partial charge in [0, 0.05) is 25.7 Å². The van der Waals surface area contributed by atoms with E-state index in [-0.39, 0.29) is 35.5 Å². The third-order valence-corrected chi connectivity index (χ3v) is 5.10. The molecule has 23 heavy (non-hydrogen) atoms. The third-order valence-electron chi connectivity index (χ3n) is 3.59. The maximum Gasteiger partial charge on any atom is 0.419 e. The van der Waals surface area contributed by atoms with Crippen molar-refractivity contribution in [3.63, 3.8) is 0 Å². The Bertz CT molecular complexity index is 813. The number of nitrogens with zero attached hydrogens (tertiary/aromatic N) is 1. The summed E-state index contributed by atoms with van der Waals surface area (Å²) in [7, 11) is -2.13. The van der Waals surface area contributed by atoms with Gasteiger partial charge in [0.2, 0.25) is 10.0 Å². The standard InChI is InChI=1S/C14H21N3O4S.ClH/c1-3-4-5-10(9-15)16-22(19,20)11-6-7-12-13(8-11)21-14(18)17(12)2;/h6-8,10,16H,3-5,9,15H2,1-2H3;1H. The number of aromatic nitrogens is 1. The van der Waals surface area contributed by atoms with Gasteiger partial charge in [-0.1, -0.05) is 19.8 Å². The molecule has 1 atom stereocenters. The van der Waals surface area contributed by atoms with Gasteiger partial charge in [-0.3, -0.25) is 4.57 Å². The quantitative estimate of drug-likeness (QED) is 0.772. The van der Waals surface area contributed by atoms with Gasteiger partial charge in [-0.2, -0.15) is 0 Å². The zero-order chi connectivity index (χ0) is 16.3. The SMILES string of the molecule is CCCCC(CN)NS(=O)(=O)c1ccc2c(c1)oc(=O)n2C.Cl. The van der Waals surface area contributed by atoms with E-state index in [2.05, 4.69) is 4.72 Å². The van der Waals surface area contributed by atoms with E-state index < -0.39 is 15.8 Å². The summed E-state index contributed by atoms with van der Waals surface area (Å²) in [5, 5.41) is 0. The van der Waals surface area contributed by atoms with Gasteiger partial charge in [0.15, 0.2) is 5.58 Å². The number of hydrogen-bond acceptors (Lipinski definition) is 5. The van der Waals surface area contributed by atoms with Crippen molar-refractivity contribution in [3.8, 4) is 0 Å². The van der Waals surface area contributed by atoms with E-state index in [9.17, 15) is 13.2 Å². The molecule has 0 spiro atoms. The fourth-order valence-corrected chi connectivity index (χ4v) is 3.54. The summed E-state index contributed by atoms with van der Waals surface area (Å²) < 4.78 is 33.8. The summed E-state index contributed by atoms with van der Waals surface area (Å²) >= 11 is 0. The summed E-state index contributed by atoms with van der Waals surface area (Å²) in [6.45, 7) is 2.27. The van der Waals surface area contributed by atoms with Crippen molar-refractivity contribution in [2.45, 2.75) is 37.1 Å². The Morgan fingerprint density at radius 3 is 2.70 bits per heavy atom. The molecule has 0 amide bonds. The first kappa shape index (κ1) is 19.7. The molecule has 0 aliphatic heterocycles. The Hall–Kier alpha value is -1.35. The van der Waals surface area contributed by atoms with E-state index in [4.69, 9.17) is 10.2 Å². The molecule has 0 aliphatic carbocycles. The molecular formula is C14H22ClN3O4S. The van der Waals surface area contributed by atoms with Crippen LogP contribution in [-0.2, 0) is 17.1 Å². The van der Waals surface area contributed by atoms with Crippen molar-refractivity contribution in [3.05, 3.63) is 28.7 Å². The first-order chi connectivity index (χ1) is 10.4. The Morgan fingerprint density at radius 2 is 2.09 bits per heavy atom. The highest BCUT2D eigenvalue weighted by Crippen LogP contribution is 2.18. The lowest BCUT2D eigenvalue weighted by Crippen LogP contribution is -2.40. The monoisotopic (exact) mass is 363 g/mol. The summed E-state index contributed by atoms with van der Waals surface area (Å²) in [4.78, 5) is 11.5. The van der Waals surface area contributed by atoms with Crippen LogP contribution in [0.15, 0.2) is 32.3 Å². The van der Waals surface area contributed by atoms with Gasteiger partial charge >= 0.3 is 5.76 Å². The van der Waals surface area contributed by atoms with E-state index in [1.807, 2.05) is 6.92 Å². The molecule has 2 rings (SSSR count). The summed E-state index contributed by atoms with van der Waals surface area (Å²) in [5.74, 6) is -0.528. The van der Waals surface area contributed by atoms with Crippen LogP contribution in [0.25, 0.3) is 11.1 Å². The minimum absolute atomic E-state index is 0. The highest BCUT2D eigenvalue weighted by atomic mass is 35.5. The maximum absolute atomic E-state index is 12.4. The molecule has 3 N–H and O–H groups in total. The highest BCUT2D eigenvalue weighted by molar-refractivity contribution is 7.89. The highest BCUT2D eigenvalue weighted by Gasteiger charge is 2.20. The lowest BCUT2D eigenvalue weighted by molar-refractivity contribution is 0.515. The number of nitrogens with one attached hydrogen (secondary N) is 1. The van der Waals surface area contributed by atoms with Crippen LogP contribution in [0.5, 0.6) is 0 Å². The van der Waals surface area contributed by atoms with E-state index in [1.54, 1.807) is 13.1 Å². The van der Waals surface area contributed by atoms with E-state index in [1.165, 1.54) is 16.7 Å². The first-order valence-electron chi connectivity index (χ1n) is 7.21. The van der Waals surface area contributed by atoms with E-state index >= 15 is 0 Å². The molecule has 0 radical (unpaired) electrons. The Labute approximate surface area is 141 Å². The van der Waals surface area contributed by atoms with Gasteiger partial charge in [-0.05, 0) is 18.6 Å². The second-order valence-corrected chi connectivity index (χ2v) is 6.97. The molecule has 1 heterocycles. The first-order valence-corrected chi connectivity index (χ1v) is 8.69. The summed E-state index contributed by atoms with van der Waals surface area (Å²) in [5.41, 5.74) is 6.41. The normalized spacial score (nSPS) is 13.0. The molecule has 130 valence electrons. The van der Waals surface area contributed by atoms with Gasteiger partial charge < -0.3 is 10.2 Å². The number of benzene rings is 1. The summed E-state index contributed by atoms with van der Waals surface area (Å²) in [6, 6.07) is 4.06. The molecule has 1 aromatic heterocycles. The van der Waals surface area contributed by atoms with Gasteiger partial charge in [0.1, 0.15) is 0 Å². The average Bonchev–Trinajstić information content (AvgIpc) is 2.78. The van der Waals surface area contributed by atoms with Crippen LogP contribution in [0.4, 0.5) is 0 Å². The number of halogens is 1. The zero-order valence-electron chi connectivity index (χ0n) is 13.1. The molecule has 9 heteroatoms. The third kappa shape index (κ3) is 4.35. The fraction of sp³-hybridized carbons (Fsp3) is 0.500. The number of rotatable bonds is 7. The van der Waals surface area contributed by atoms with Crippen molar-refractivity contribution in [2.75, 3.05) is 6.54 Å². The van der Waals surface area contributed by atoms with Crippen LogP contribution in [-0.4, -0.2) is 25.6 Å². The van der Waals surface area contributed by atoms with Crippen LogP contribution >= 0.6 is 12.4 Å². The molecule has 1 unspecified atom stereocenters. The minimum Gasteiger partial charge on any atom is -0.408 e. The number of hydrogen-bond donors (Lipinski definition) is 2. The minimum atomic E-state index is -3.70. The second-order valence-electron chi connectivity index (χ2n) is 5.25. The molecule has 0 saturated carbocycles. The topological polar surface area (TPSA) is 107 Å². The van der Waals surface area contributed by atoms with E-state index in [0.29, 0.717) is 11.9 Å². The average molecular weight is 364 g/mol. The number of aryl methyl sites for hydroxylation is 1. The molecule has 2 aromatic rings. The van der Waals surface area contributed by atoms with Crippen LogP contribution in [0.3, 0.4) is 0 Å². The van der Waals surface area contributed by atoms with Crippen molar-refractivity contribution in [1.82, 2.24) is 9.29 Å². The van der Waals surface area contributed by atoms with Crippen LogP contribution in [0.2, 0.25) is 0 Å². The Balaban J connectivity index is 0.00000264. The van der Waals surface area contributed by atoms with E-state index in [0.717, 1.165) is 12.8 Å². The lowest BCUT2D eigenvalue weighted by atomic mass is 10.1. The molecule has 0 aliphatic rings. The predicted octanol–water partition coefficient (Wildman–Crippen LogP) is 1.35. The molecule has 0 saturated heterocycles. The number of fused-ring (bicyclic) bond motifs is 1. The fourth-order valence-electron chi connectivity index (χ4n) is 2.24. The lowest BCUT2D eigenvalue weighted by Gasteiger charge is -2.16. The maximum atomic E-state index is 12.4. The molecule has 7 nitrogen and oxygen atoms in total. The van der Waals surface area contributed by atoms with Gasteiger partial charge in [0.05, 0.1) is 10.4 Å². The van der Waals surface area contributed by atoms with Crippen molar-refractivity contribution in [1.29, 1.82) is 0 Å². The smallest absolute Gasteiger partial charge is 0.408 e. The van der Waals surface area contributed by atoms with Gasteiger partial charge in [-0.15, -0.1) is 12.4 Å². The predicted molar refractivity (Wildman–Crippen MR) is 91.4 cm³/mol. The molecule has 0 bridgehead atoms. The largest absolute Gasteiger partial charge is 0.419 e.